The summed E-state index contributed by atoms with van der Waals surface area (Å²) < 4.78 is 12.1. The van der Waals surface area contributed by atoms with Crippen molar-refractivity contribution in [3.8, 4) is 11.5 Å². The number of hydrogen-bond acceptors (Lipinski definition) is 5. The third-order valence-corrected chi connectivity index (χ3v) is 4.13. The van der Waals surface area contributed by atoms with E-state index < -0.39 is 0 Å². The highest BCUT2D eigenvalue weighted by molar-refractivity contribution is 5.95. The predicted octanol–water partition coefficient (Wildman–Crippen LogP) is 1.62. The molecule has 0 unspecified atom stereocenters. The molecule has 0 radical (unpaired) electrons. The summed E-state index contributed by atoms with van der Waals surface area (Å²) in [6, 6.07) is 7.19. The maximum atomic E-state index is 12.4. The third kappa shape index (κ3) is 4.99. The molecule has 146 valence electrons. The molecule has 2 amide bonds. The first-order valence-corrected chi connectivity index (χ1v) is 8.67. The zero-order chi connectivity index (χ0) is 20.0. The third-order valence-electron chi connectivity index (χ3n) is 4.13. The van der Waals surface area contributed by atoms with Crippen LogP contribution in [0.3, 0.4) is 0 Å². The molecule has 2 rings (SSSR count). The Labute approximate surface area is 159 Å². The summed E-state index contributed by atoms with van der Waals surface area (Å²) in [6.07, 6.45) is 0. The van der Waals surface area contributed by atoms with Crippen molar-refractivity contribution in [2.45, 2.75) is 26.9 Å². The van der Waals surface area contributed by atoms with E-state index in [9.17, 15) is 9.59 Å². The van der Waals surface area contributed by atoms with Crippen LogP contribution in [0.25, 0.3) is 0 Å². The van der Waals surface area contributed by atoms with Crippen molar-refractivity contribution in [1.29, 1.82) is 0 Å². The van der Waals surface area contributed by atoms with Crippen LogP contribution in [0, 0.1) is 6.92 Å². The van der Waals surface area contributed by atoms with Crippen molar-refractivity contribution in [2.24, 2.45) is 0 Å². The molecule has 0 atom stereocenters. The van der Waals surface area contributed by atoms with Crippen LogP contribution < -0.4 is 14.8 Å². The molecule has 1 aromatic carbocycles. The van der Waals surface area contributed by atoms with Gasteiger partial charge in [0.05, 0.1) is 26.5 Å². The van der Waals surface area contributed by atoms with Gasteiger partial charge in [0.2, 0.25) is 5.91 Å². The quantitative estimate of drug-likeness (QED) is 0.759. The number of nitrogens with one attached hydrogen (secondary N) is 1. The van der Waals surface area contributed by atoms with E-state index in [1.807, 2.05) is 26.0 Å². The van der Waals surface area contributed by atoms with E-state index in [0.717, 1.165) is 11.3 Å². The van der Waals surface area contributed by atoms with Gasteiger partial charge < -0.3 is 19.7 Å². The Bertz CT molecular complexity index is 816. The van der Waals surface area contributed by atoms with Crippen molar-refractivity contribution in [3.05, 3.63) is 41.2 Å². The van der Waals surface area contributed by atoms with Gasteiger partial charge in [-0.15, -0.1) is 0 Å². The van der Waals surface area contributed by atoms with Gasteiger partial charge in [-0.2, -0.15) is 5.10 Å². The molecule has 0 aliphatic heterocycles. The van der Waals surface area contributed by atoms with Crippen LogP contribution in [-0.4, -0.2) is 54.3 Å². The van der Waals surface area contributed by atoms with Crippen LogP contribution in [0.1, 0.15) is 28.7 Å². The van der Waals surface area contributed by atoms with Gasteiger partial charge in [-0.25, -0.2) is 0 Å². The van der Waals surface area contributed by atoms with Gasteiger partial charge in [0.15, 0.2) is 11.5 Å². The van der Waals surface area contributed by atoms with Crippen molar-refractivity contribution >= 4 is 11.8 Å². The Balaban J connectivity index is 1.94. The largest absolute Gasteiger partial charge is 0.493 e. The highest BCUT2D eigenvalue weighted by Gasteiger charge is 2.16. The number of aromatic nitrogens is 2. The smallest absolute Gasteiger partial charge is 0.269 e. The Morgan fingerprint density at radius 1 is 1.19 bits per heavy atom. The van der Waals surface area contributed by atoms with Gasteiger partial charge >= 0.3 is 0 Å². The number of nitrogens with zero attached hydrogens (tertiary/aromatic N) is 3. The second kappa shape index (κ2) is 9.07. The molecule has 1 N–H and O–H groups in total. The van der Waals surface area contributed by atoms with E-state index in [1.165, 1.54) is 0 Å². The molecular weight excluding hydrogens is 348 g/mol. The van der Waals surface area contributed by atoms with Gasteiger partial charge in [-0.05, 0) is 37.6 Å². The van der Waals surface area contributed by atoms with Crippen LogP contribution in [0.2, 0.25) is 0 Å². The maximum Gasteiger partial charge on any atom is 0.269 e. The molecule has 0 spiro atoms. The minimum atomic E-state index is -0.315. The number of methoxy groups -OCH3 is 2. The zero-order valence-corrected chi connectivity index (χ0v) is 16.4. The minimum absolute atomic E-state index is 0.0867. The fourth-order valence-corrected chi connectivity index (χ4v) is 2.69. The first-order valence-electron chi connectivity index (χ1n) is 8.67. The van der Waals surface area contributed by atoms with Crippen LogP contribution in [-0.2, 0) is 17.9 Å². The first-order chi connectivity index (χ1) is 12.9. The first kappa shape index (κ1) is 20.3. The fourth-order valence-electron chi connectivity index (χ4n) is 2.69. The molecule has 0 bridgehead atoms. The maximum absolute atomic E-state index is 12.4. The summed E-state index contributed by atoms with van der Waals surface area (Å²) in [5, 5.41) is 6.90. The standard InChI is InChI=1S/C19H26N4O4/c1-6-23-15(9-13(2)21-23)19(25)20-11-18(24)22(3)12-14-7-8-16(26-4)17(10-14)27-5/h7-10H,6,11-12H2,1-5H3,(H,20,25). The average Bonchev–Trinajstić information content (AvgIpc) is 3.06. The SMILES string of the molecule is CCn1nc(C)cc1C(=O)NCC(=O)N(C)Cc1ccc(OC)c(OC)c1. The molecule has 1 aromatic heterocycles. The second-order valence-corrected chi connectivity index (χ2v) is 6.11. The number of benzene rings is 1. The highest BCUT2D eigenvalue weighted by Crippen LogP contribution is 2.27. The monoisotopic (exact) mass is 374 g/mol. The van der Waals surface area contributed by atoms with E-state index in [4.69, 9.17) is 9.47 Å². The summed E-state index contributed by atoms with van der Waals surface area (Å²) in [6.45, 7) is 4.62. The van der Waals surface area contributed by atoms with E-state index >= 15 is 0 Å². The van der Waals surface area contributed by atoms with Crippen LogP contribution >= 0.6 is 0 Å². The Morgan fingerprint density at radius 3 is 2.52 bits per heavy atom. The summed E-state index contributed by atoms with van der Waals surface area (Å²) in [4.78, 5) is 26.2. The number of hydrogen-bond donors (Lipinski definition) is 1. The van der Waals surface area contributed by atoms with Crippen LogP contribution in [0.5, 0.6) is 11.5 Å². The van der Waals surface area contributed by atoms with Crippen molar-refractivity contribution in [3.63, 3.8) is 0 Å². The lowest BCUT2D eigenvalue weighted by molar-refractivity contribution is -0.129. The average molecular weight is 374 g/mol. The highest BCUT2D eigenvalue weighted by atomic mass is 16.5. The second-order valence-electron chi connectivity index (χ2n) is 6.11. The fraction of sp³-hybridized carbons (Fsp3) is 0.421. The summed E-state index contributed by atoms with van der Waals surface area (Å²) in [5.74, 6) is 0.723. The summed E-state index contributed by atoms with van der Waals surface area (Å²) >= 11 is 0. The number of amides is 2. The lowest BCUT2D eigenvalue weighted by Gasteiger charge is -2.18. The van der Waals surface area contributed by atoms with Crippen molar-refractivity contribution < 1.29 is 19.1 Å². The molecule has 8 nitrogen and oxygen atoms in total. The number of rotatable bonds is 8. The zero-order valence-electron chi connectivity index (χ0n) is 16.4. The molecule has 0 fully saturated rings. The van der Waals surface area contributed by atoms with Gasteiger partial charge in [0, 0.05) is 20.1 Å². The Kier molecular flexibility index (Phi) is 6.81. The van der Waals surface area contributed by atoms with Crippen LogP contribution in [0.4, 0.5) is 0 Å². The molecule has 27 heavy (non-hydrogen) atoms. The topological polar surface area (TPSA) is 85.7 Å². The number of ether oxygens (including phenoxy) is 2. The van der Waals surface area contributed by atoms with Gasteiger partial charge in [-0.1, -0.05) is 6.07 Å². The number of carbonyl (C=O) groups excluding carboxylic acids is 2. The number of likely N-dealkylation sites (N-methyl/N-ethyl adjacent to an activating group) is 1. The lowest BCUT2D eigenvalue weighted by atomic mass is 10.2. The molecular formula is C19H26N4O4. The summed E-state index contributed by atoms with van der Waals surface area (Å²) in [7, 11) is 4.82. The molecule has 8 heteroatoms. The molecule has 0 aliphatic rings. The van der Waals surface area contributed by atoms with Crippen molar-refractivity contribution in [1.82, 2.24) is 20.0 Å². The lowest BCUT2D eigenvalue weighted by Crippen LogP contribution is -2.38. The molecule has 0 aliphatic carbocycles. The number of aryl methyl sites for hydroxylation is 2. The molecule has 1 heterocycles. The van der Waals surface area contributed by atoms with Gasteiger partial charge in [0.25, 0.3) is 5.91 Å². The molecule has 0 saturated carbocycles. The van der Waals surface area contributed by atoms with E-state index in [0.29, 0.717) is 30.3 Å². The normalized spacial score (nSPS) is 10.4. The molecule has 2 aromatic rings. The van der Waals surface area contributed by atoms with Crippen LogP contribution in [0.15, 0.2) is 24.3 Å². The van der Waals surface area contributed by atoms with E-state index in [1.54, 1.807) is 43.0 Å². The Morgan fingerprint density at radius 2 is 1.89 bits per heavy atom. The Hall–Kier alpha value is -3.03. The van der Waals surface area contributed by atoms with Crippen molar-refractivity contribution in [2.75, 3.05) is 27.8 Å². The molecule has 0 saturated heterocycles. The van der Waals surface area contributed by atoms with E-state index in [2.05, 4.69) is 10.4 Å². The van der Waals surface area contributed by atoms with Gasteiger partial charge in [-0.3, -0.25) is 14.3 Å². The summed E-state index contributed by atoms with van der Waals surface area (Å²) in [5.41, 5.74) is 2.11. The van der Waals surface area contributed by atoms with E-state index in [-0.39, 0.29) is 18.4 Å². The minimum Gasteiger partial charge on any atom is -0.493 e. The van der Waals surface area contributed by atoms with Gasteiger partial charge in [0.1, 0.15) is 5.69 Å². The number of carbonyl (C=O) groups is 2. The predicted molar refractivity (Wildman–Crippen MR) is 101 cm³/mol.